The van der Waals surface area contributed by atoms with Crippen LogP contribution in [0.25, 0.3) is 0 Å². The van der Waals surface area contributed by atoms with Crippen LogP contribution in [0.1, 0.15) is 36.1 Å². The van der Waals surface area contributed by atoms with Crippen LogP contribution in [0, 0.1) is 6.92 Å². The van der Waals surface area contributed by atoms with Gasteiger partial charge in [0.2, 0.25) is 0 Å². The Kier molecular flexibility index (Phi) is 5.63. The van der Waals surface area contributed by atoms with Crippen molar-refractivity contribution in [3.8, 4) is 0 Å². The summed E-state index contributed by atoms with van der Waals surface area (Å²) in [5.74, 6) is 0. The average molecular weight is 288 g/mol. The highest BCUT2D eigenvalue weighted by atomic mass is 35.5. The minimum atomic E-state index is 0.433. The summed E-state index contributed by atoms with van der Waals surface area (Å²) in [7, 11) is 0. The van der Waals surface area contributed by atoms with Crippen LogP contribution < -0.4 is 5.32 Å². The highest BCUT2D eigenvalue weighted by Gasteiger charge is 2.07. The first kappa shape index (κ1) is 15.1. The number of hydrogen-bond acceptors (Lipinski definition) is 1. The number of aryl methyl sites for hydroxylation is 1. The second-order valence-corrected chi connectivity index (χ2v) is 5.64. The summed E-state index contributed by atoms with van der Waals surface area (Å²) in [6, 6.07) is 17.3. The maximum atomic E-state index is 5.90. The lowest BCUT2D eigenvalue weighted by molar-refractivity contribution is 0.522. The predicted octanol–water partition coefficient (Wildman–Crippen LogP) is 4.93. The quantitative estimate of drug-likeness (QED) is 0.794. The highest BCUT2D eigenvalue weighted by Crippen LogP contribution is 2.17. The van der Waals surface area contributed by atoms with Crippen molar-refractivity contribution < 1.29 is 0 Å². The van der Waals surface area contributed by atoms with E-state index in [1.807, 2.05) is 12.1 Å². The van der Waals surface area contributed by atoms with Gasteiger partial charge < -0.3 is 5.32 Å². The number of nitrogens with one attached hydrogen (secondary N) is 1. The maximum Gasteiger partial charge on any atom is 0.0406 e. The van der Waals surface area contributed by atoms with Gasteiger partial charge >= 0.3 is 0 Å². The highest BCUT2D eigenvalue weighted by molar-refractivity contribution is 6.30. The topological polar surface area (TPSA) is 12.0 Å². The Balaban J connectivity index is 1.87. The molecule has 1 nitrogen and oxygen atoms in total. The van der Waals surface area contributed by atoms with Gasteiger partial charge in [0.15, 0.2) is 0 Å². The van der Waals surface area contributed by atoms with Gasteiger partial charge in [0, 0.05) is 11.1 Å². The van der Waals surface area contributed by atoms with E-state index < -0.39 is 0 Å². The van der Waals surface area contributed by atoms with E-state index in [9.17, 15) is 0 Å². The molecule has 106 valence electrons. The van der Waals surface area contributed by atoms with Crippen molar-refractivity contribution in [1.82, 2.24) is 5.32 Å². The predicted molar refractivity (Wildman–Crippen MR) is 87.4 cm³/mol. The van der Waals surface area contributed by atoms with Crippen LogP contribution >= 0.6 is 11.6 Å². The zero-order valence-corrected chi connectivity index (χ0v) is 13.0. The van der Waals surface area contributed by atoms with Crippen LogP contribution in [-0.4, -0.2) is 6.54 Å². The van der Waals surface area contributed by atoms with Crippen LogP contribution in [0.4, 0.5) is 0 Å². The summed E-state index contributed by atoms with van der Waals surface area (Å²) in [5, 5.41) is 4.43. The molecule has 0 aliphatic carbocycles. The zero-order valence-electron chi connectivity index (χ0n) is 12.2. The number of benzene rings is 2. The fourth-order valence-electron chi connectivity index (χ4n) is 2.34. The lowest BCUT2D eigenvalue weighted by atomic mass is 10.0. The van der Waals surface area contributed by atoms with Crippen molar-refractivity contribution in [1.29, 1.82) is 0 Å². The number of rotatable bonds is 6. The normalized spacial score (nSPS) is 12.3. The van der Waals surface area contributed by atoms with Gasteiger partial charge in [0.05, 0.1) is 0 Å². The van der Waals surface area contributed by atoms with E-state index in [2.05, 4.69) is 55.6 Å². The Bertz CT molecular complexity index is 516. The van der Waals surface area contributed by atoms with Crippen molar-refractivity contribution >= 4 is 11.6 Å². The minimum absolute atomic E-state index is 0.433. The fourth-order valence-corrected chi connectivity index (χ4v) is 2.46. The Labute approximate surface area is 127 Å². The second-order valence-electron chi connectivity index (χ2n) is 5.20. The van der Waals surface area contributed by atoms with Gasteiger partial charge in [-0.3, -0.25) is 0 Å². The Hall–Kier alpha value is -1.31. The maximum absolute atomic E-state index is 5.90. The van der Waals surface area contributed by atoms with E-state index in [1.54, 1.807) is 0 Å². The average Bonchev–Trinajstić information content (AvgIpc) is 2.47. The number of halogens is 1. The molecule has 0 saturated carbocycles. The van der Waals surface area contributed by atoms with Gasteiger partial charge in [-0.1, -0.05) is 60.5 Å². The van der Waals surface area contributed by atoms with Crippen LogP contribution in [-0.2, 0) is 6.42 Å². The summed E-state index contributed by atoms with van der Waals surface area (Å²) in [5.41, 5.74) is 4.00. The molecule has 0 spiro atoms. The first-order chi connectivity index (χ1) is 9.69. The zero-order chi connectivity index (χ0) is 14.4. The van der Waals surface area contributed by atoms with Gasteiger partial charge in [-0.05, 0) is 49.6 Å². The summed E-state index contributed by atoms with van der Waals surface area (Å²) >= 11 is 5.90. The van der Waals surface area contributed by atoms with E-state index in [-0.39, 0.29) is 0 Å². The summed E-state index contributed by atoms with van der Waals surface area (Å²) < 4.78 is 0. The third-order valence-corrected chi connectivity index (χ3v) is 3.86. The summed E-state index contributed by atoms with van der Waals surface area (Å²) in [6.07, 6.45) is 2.13. The van der Waals surface area contributed by atoms with Crippen molar-refractivity contribution in [3.05, 3.63) is 70.2 Å². The molecule has 0 amide bonds. The lowest BCUT2D eigenvalue weighted by Gasteiger charge is -2.17. The van der Waals surface area contributed by atoms with Crippen molar-refractivity contribution in [2.75, 3.05) is 6.54 Å². The minimum Gasteiger partial charge on any atom is -0.310 e. The molecule has 2 aromatic carbocycles. The molecule has 0 aliphatic rings. The molecule has 0 radical (unpaired) electrons. The number of hydrogen-bond donors (Lipinski definition) is 1. The largest absolute Gasteiger partial charge is 0.310 e. The first-order valence-electron chi connectivity index (χ1n) is 7.23. The van der Waals surface area contributed by atoms with Gasteiger partial charge in [0.25, 0.3) is 0 Å². The molecule has 0 heterocycles. The van der Waals surface area contributed by atoms with Gasteiger partial charge in [-0.2, -0.15) is 0 Å². The monoisotopic (exact) mass is 287 g/mol. The summed E-state index contributed by atoms with van der Waals surface area (Å²) in [6.45, 7) is 5.33. The Morgan fingerprint density at radius 2 is 1.65 bits per heavy atom. The fraction of sp³-hybridized carbons (Fsp3) is 0.333. The summed E-state index contributed by atoms with van der Waals surface area (Å²) in [4.78, 5) is 0. The Morgan fingerprint density at radius 1 is 1.00 bits per heavy atom. The van der Waals surface area contributed by atoms with E-state index >= 15 is 0 Å². The molecule has 2 aromatic rings. The van der Waals surface area contributed by atoms with Crippen LogP contribution in [0.15, 0.2) is 48.5 Å². The smallest absolute Gasteiger partial charge is 0.0406 e. The van der Waals surface area contributed by atoms with Crippen LogP contribution in [0.5, 0.6) is 0 Å². The molecule has 0 aliphatic heterocycles. The molecule has 0 aromatic heterocycles. The molecule has 0 fully saturated rings. The standard InChI is InChI=1S/C18H22ClN/c1-3-18(16-8-4-14(2)5-9-16)20-13-12-15-6-10-17(19)11-7-15/h4-11,18,20H,3,12-13H2,1-2H3. The lowest BCUT2D eigenvalue weighted by Crippen LogP contribution is -2.23. The van der Waals surface area contributed by atoms with Crippen molar-refractivity contribution in [2.45, 2.75) is 32.7 Å². The molecule has 2 rings (SSSR count). The molecule has 1 N–H and O–H groups in total. The third kappa shape index (κ3) is 4.36. The molecule has 20 heavy (non-hydrogen) atoms. The van der Waals surface area contributed by atoms with Crippen LogP contribution in [0.3, 0.4) is 0 Å². The first-order valence-corrected chi connectivity index (χ1v) is 7.61. The molecule has 0 bridgehead atoms. The van der Waals surface area contributed by atoms with Crippen LogP contribution in [0.2, 0.25) is 5.02 Å². The van der Waals surface area contributed by atoms with E-state index in [0.29, 0.717) is 6.04 Å². The van der Waals surface area contributed by atoms with Gasteiger partial charge in [-0.25, -0.2) is 0 Å². The Morgan fingerprint density at radius 3 is 2.25 bits per heavy atom. The third-order valence-electron chi connectivity index (χ3n) is 3.61. The molecule has 0 saturated heterocycles. The SMILES string of the molecule is CCC(NCCc1ccc(Cl)cc1)c1ccc(C)cc1. The van der Waals surface area contributed by atoms with Crippen molar-refractivity contribution in [3.63, 3.8) is 0 Å². The van der Waals surface area contributed by atoms with Gasteiger partial charge in [-0.15, -0.1) is 0 Å². The van der Waals surface area contributed by atoms with Gasteiger partial charge in [0.1, 0.15) is 0 Å². The molecule has 2 heteroatoms. The van der Waals surface area contributed by atoms with E-state index in [1.165, 1.54) is 16.7 Å². The van der Waals surface area contributed by atoms with E-state index in [4.69, 9.17) is 11.6 Å². The molecular weight excluding hydrogens is 266 g/mol. The molecule has 1 unspecified atom stereocenters. The molecule has 1 atom stereocenters. The van der Waals surface area contributed by atoms with E-state index in [0.717, 1.165) is 24.4 Å². The second kappa shape index (κ2) is 7.47. The molecular formula is C18H22ClN. The van der Waals surface area contributed by atoms with Crippen molar-refractivity contribution in [2.24, 2.45) is 0 Å².